The van der Waals surface area contributed by atoms with Crippen LogP contribution in [0.15, 0.2) is 0 Å². The van der Waals surface area contributed by atoms with Gasteiger partial charge in [-0.1, -0.05) is 0 Å². The van der Waals surface area contributed by atoms with Gasteiger partial charge in [0.05, 0.1) is 0 Å². The average Bonchev–Trinajstić information content (AvgIpc) is 2.19. The van der Waals surface area contributed by atoms with Crippen molar-refractivity contribution in [2.45, 2.75) is 31.7 Å². The zero-order chi connectivity index (χ0) is 9.80. The monoisotopic (exact) mass is 197 g/mol. The number of hydrogen-bond acceptors (Lipinski definition) is 3. The molecule has 0 saturated carbocycles. The zero-order valence-electron chi connectivity index (χ0n) is 9.04. The van der Waals surface area contributed by atoms with Crippen LogP contribution < -0.4 is 11.1 Å². The smallest absolute Gasteiger partial charge is 0.0168 e. The summed E-state index contributed by atoms with van der Waals surface area (Å²) in [6, 6.07) is 0.431. The summed E-state index contributed by atoms with van der Waals surface area (Å²) in [5, 5.41) is 3.48. The molecule has 3 N–H and O–H groups in total. The summed E-state index contributed by atoms with van der Waals surface area (Å²) in [4.78, 5) is 2.56. The van der Waals surface area contributed by atoms with Crippen LogP contribution in [-0.2, 0) is 0 Å². The Balaban J connectivity index is 1.72. The molecular formula is C11H23N3. The number of nitrogens with one attached hydrogen (secondary N) is 1. The van der Waals surface area contributed by atoms with Gasteiger partial charge in [-0.2, -0.15) is 0 Å². The largest absolute Gasteiger partial charge is 0.327 e. The minimum absolute atomic E-state index is 0.431. The molecule has 0 aromatic heterocycles. The molecule has 82 valence electrons. The van der Waals surface area contributed by atoms with E-state index >= 15 is 0 Å². The van der Waals surface area contributed by atoms with Gasteiger partial charge in [0.1, 0.15) is 0 Å². The first-order chi connectivity index (χ1) is 6.84. The van der Waals surface area contributed by atoms with Gasteiger partial charge in [-0.15, -0.1) is 0 Å². The van der Waals surface area contributed by atoms with E-state index in [1.165, 1.54) is 51.9 Å². The van der Waals surface area contributed by atoms with E-state index in [1.807, 2.05) is 0 Å². The van der Waals surface area contributed by atoms with Crippen molar-refractivity contribution in [1.82, 2.24) is 10.2 Å². The summed E-state index contributed by atoms with van der Waals surface area (Å²) in [5.74, 6) is 0.869. The Bertz CT molecular complexity index is 166. The SMILES string of the molecule is N[C@H]1CCCN(CC2CCCNC2)C1. The molecule has 2 aliphatic rings. The van der Waals surface area contributed by atoms with Crippen molar-refractivity contribution in [2.75, 3.05) is 32.7 Å². The van der Waals surface area contributed by atoms with Gasteiger partial charge in [0, 0.05) is 19.1 Å². The molecule has 0 spiro atoms. The van der Waals surface area contributed by atoms with Crippen LogP contribution in [0.1, 0.15) is 25.7 Å². The van der Waals surface area contributed by atoms with Crippen LogP contribution in [0.2, 0.25) is 0 Å². The molecule has 0 aromatic carbocycles. The Hall–Kier alpha value is -0.120. The van der Waals surface area contributed by atoms with Crippen molar-refractivity contribution >= 4 is 0 Å². The fourth-order valence-corrected chi connectivity index (χ4v) is 2.70. The van der Waals surface area contributed by atoms with Crippen LogP contribution in [-0.4, -0.2) is 43.7 Å². The number of nitrogens with two attached hydrogens (primary N) is 1. The highest BCUT2D eigenvalue weighted by Gasteiger charge is 2.21. The normalized spacial score (nSPS) is 35.8. The quantitative estimate of drug-likeness (QED) is 0.674. The third kappa shape index (κ3) is 2.94. The lowest BCUT2D eigenvalue weighted by Gasteiger charge is -2.34. The van der Waals surface area contributed by atoms with E-state index < -0.39 is 0 Å². The van der Waals surface area contributed by atoms with Crippen molar-refractivity contribution in [2.24, 2.45) is 11.7 Å². The van der Waals surface area contributed by atoms with Crippen LogP contribution in [0.25, 0.3) is 0 Å². The maximum absolute atomic E-state index is 5.97. The van der Waals surface area contributed by atoms with E-state index in [4.69, 9.17) is 5.73 Å². The van der Waals surface area contributed by atoms with Crippen LogP contribution >= 0.6 is 0 Å². The van der Waals surface area contributed by atoms with Crippen LogP contribution in [0.4, 0.5) is 0 Å². The Kier molecular flexibility index (Phi) is 3.79. The Morgan fingerprint density at radius 3 is 2.93 bits per heavy atom. The van der Waals surface area contributed by atoms with Crippen molar-refractivity contribution in [3.8, 4) is 0 Å². The van der Waals surface area contributed by atoms with Crippen LogP contribution in [0.3, 0.4) is 0 Å². The fourth-order valence-electron chi connectivity index (χ4n) is 2.70. The number of likely N-dealkylation sites (tertiary alicyclic amines) is 1. The van der Waals surface area contributed by atoms with Gasteiger partial charge < -0.3 is 16.0 Å². The predicted molar refractivity (Wildman–Crippen MR) is 59.2 cm³/mol. The molecule has 1 unspecified atom stereocenters. The average molecular weight is 197 g/mol. The second-order valence-corrected chi connectivity index (χ2v) is 4.87. The second kappa shape index (κ2) is 5.10. The molecule has 2 aliphatic heterocycles. The van der Waals surface area contributed by atoms with E-state index in [-0.39, 0.29) is 0 Å². The molecule has 2 fully saturated rings. The van der Waals surface area contributed by atoms with Crippen LogP contribution in [0, 0.1) is 5.92 Å². The predicted octanol–water partition coefficient (Wildman–Crippen LogP) is 0.409. The van der Waals surface area contributed by atoms with Gasteiger partial charge in [0.25, 0.3) is 0 Å². The molecule has 3 heteroatoms. The molecule has 2 saturated heterocycles. The first-order valence-electron chi connectivity index (χ1n) is 6.03. The van der Waals surface area contributed by atoms with E-state index in [1.54, 1.807) is 0 Å². The molecule has 0 amide bonds. The van der Waals surface area contributed by atoms with Gasteiger partial charge >= 0.3 is 0 Å². The first-order valence-corrected chi connectivity index (χ1v) is 6.03. The van der Waals surface area contributed by atoms with Crippen molar-refractivity contribution in [1.29, 1.82) is 0 Å². The number of nitrogens with zero attached hydrogens (tertiary/aromatic N) is 1. The molecule has 0 aliphatic carbocycles. The standard InChI is InChI=1S/C11H23N3/c12-11-4-2-6-14(9-11)8-10-3-1-5-13-7-10/h10-11,13H,1-9,12H2/t10?,11-/m0/s1. The first kappa shape index (κ1) is 10.4. The molecule has 3 nitrogen and oxygen atoms in total. The maximum atomic E-state index is 5.97. The van der Waals surface area contributed by atoms with Crippen LogP contribution in [0.5, 0.6) is 0 Å². The fraction of sp³-hybridized carbons (Fsp3) is 1.00. The summed E-state index contributed by atoms with van der Waals surface area (Å²) in [7, 11) is 0. The van der Waals surface area contributed by atoms with E-state index in [9.17, 15) is 0 Å². The highest BCUT2D eigenvalue weighted by Crippen LogP contribution is 2.15. The third-order valence-electron chi connectivity index (χ3n) is 3.46. The van der Waals surface area contributed by atoms with Crippen molar-refractivity contribution in [3.63, 3.8) is 0 Å². The molecule has 2 rings (SSSR count). The summed E-state index contributed by atoms with van der Waals surface area (Å²) in [6.45, 7) is 6.09. The lowest BCUT2D eigenvalue weighted by Crippen LogP contribution is -2.46. The number of rotatable bonds is 2. The summed E-state index contributed by atoms with van der Waals surface area (Å²) >= 11 is 0. The van der Waals surface area contributed by atoms with Gasteiger partial charge in [-0.25, -0.2) is 0 Å². The van der Waals surface area contributed by atoms with Gasteiger partial charge in [0.2, 0.25) is 0 Å². The maximum Gasteiger partial charge on any atom is 0.0168 e. The molecule has 2 heterocycles. The van der Waals surface area contributed by atoms with E-state index in [0.717, 1.165) is 12.5 Å². The second-order valence-electron chi connectivity index (χ2n) is 4.87. The van der Waals surface area contributed by atoms with Gasteiger partial charge in [-0.05, 0) is 51.2 Å². The molecule has 2 atom stereocenters. The molecule has 0 aromatic rings. The number of piperidine rings is 2. The summed E-state index contributed by atoms with van der Waals surface area (Å²) in [5.41, 5.74) is 5.97. The van der Waals surface area contributed by atoms with E-state index in [0.29, 0.717) is 6.04 Å². The Morgan fingerprint density at radius 1 is 1.29 bits per heavy atom. The summed E-state index contributed by atoms with van der Waals surface area (Å²) < 4.78 is 0. The highest BCUT2D eigenvalue weighted by molar-refractivity contribution is 4.79. The molecular weight excluding hydrogens is 174 g/mol. The lowest BCUT2D eigenvalue weighted by molar-refractivity contribution is 0.167. The van der Waals surface area contributed by atoms with Crippen molar-refractivity contribution < 1.29 is 0 Å². The molecule has 0 bridgehead atoms. The number of hydrogen-bond donors (Lipinski definition) is 2. The lowest BCUT2D eigenvalue weighted by atomic mass is 9.97. The third-order valence-corrected chi connectivity index (χ3v) is 3.46. The Morgan fingerprint density at radius 2 is 2.21 bits per heavy atom. The Labute approximate surface area is 87.0 Å². The highest BCUT2D eigenvalue weighted by atomic mass is 15.1. The molecule has 14 heavy (non-hydrogen) atoms. The van der Waals surface area contributed by atoms with Crippen molar-refractivity contribution in [3.05, 3.63) is 0 Å². The zero-order valence-corrected chi connectivity index (χ0v) is 9.04. The minimum Gasteiger partial charge on any atom is -0.327 e. The van der Waals surface area contributed by atoms with E-state index in [2.05, 4.69) is 10.2 Å². The van der Waals surface area contributed by atoms with Gasteiger partial charge in [-0.3, -0.25) is 0 Å². The summed E-state index contributed by atoms with van der Waals surface area (Å²) in [6.07, 6.45) is 5.27. The molecule has 0 radical (unpaired) electrons. The minimum atomic E-state index is 0.431. The van der Waals surface area contributed by atoms with Gasteiger partial charge in [0.15, 0.2) is 0 Å². The topological polar surface area (TPSA) is 41.3 Å².